The zero-order valence-electron chi connectivity index (χ0n) is 11.4. The number of hydrogen-bond donors (Lipinski definition) is 0. The van der Waals surface area contributed by atoms with Crippen LogP contribution in [-0.2, 0) is 4.79 Å². The van der Waals surface area contributed by atoms with Gasteiger partial charge in [0, 0.05) is 12.8 Å². The van der Waals surface area contributed by atoms with Crippen molar-refractivity contribution in [3.8, 4) is 0 Å². The number of carbonyl (C=O) groups excluding carboxylic acids is 1. The van der Waals surface area contributed by atoms with Gasteiger partial charge in [0.2, 0.25) is 0 Å². The maximum Gasteiger partial charge on any atom is 0.136 e. The summed E-state index contributed by atoms with van der Waals surface area (Å²) in [5.74, 6) is 0.356. The lowest BCUT2D eigenvalue weighted by Gasteiger charge is -2.00. The minimum atomic E-state index is 0.356. The highest BCUT2D eigenvalue weighted by Gasteiger charge is 1.98. The fourth-order valence-electron chi connectivity index (χ4n) is 1.85. The zero-order chi connectivity index (χ0) is 12.8. The molecule has 17 heavy (non-hydrogen) atoms. The number of carbonyl (C=O) groups is 1. The summed E-state index contributed by atoms with van der Waals surface area (Å²) in [5, 5.41) is 0. The third-order valence-corrected chi connectivity index (χ3v) is 2.93. The van der Waals surface area contributed by atoms with E-state index in [1.807, 2.05) is 12.2 Å². The normalized spacial score (nSPS) is 10.9. The largest absolute Gasteiger partial charge is 0.299 e. The molecule has 1 heteroatoms. The predicted molar refractivity (Wildman–Crippen MR) is 76.2 cm³/mol. The molecule has 1 nitrogen and oxygen atoms in total. The molecule has 0 N–H and O–H groups in total. The maximum absolute atomic E-state index is 11.4. The van der Waals surface area contributed by atoms with Crippen LogP contribution in [0.25, 0.3) is 0 Å². The van der Waals surface area contributed by atoms with E-state index in [9.17, 15) is 4.79 Å². The number of ketones is 1. The van der Waals surface area contributed by atoms with Crippen LogP contribution in [0.3, 0.4) is 0 Å². The van der Waals surface area contributed by atoms with Crippen molar-refractivity contribution >= 4 is 5.78 Å². The molecule has 0 heterocycles. The Kier molecular flexibility index (Phi) is 12.6. The van der Waals surface area contributed by atoms with Crippen molar-refractivity contribution in [1.29, 1.82) is 0 Å². The van der Waals surface area contributed by atoms with Crippen LogP contribution < -0.4 is 0 Å². The van der Waals surface area contributed by atoms with E-state index in [0.717, 1.165) is 12.8 Å². The number of allylic oxidation sites excluding steroid dienone is 3. The van der Waals surface area contributed by atoms with Gasteiger partial charge in [-0.05, 0) is 6.42 Å². The van der Waals surface area contributed by atoms with E-state index in [2.05, 4.69) is 13.5 Å². The molecule has 0 rings (SSSR count). The van der Waals surface area contributed by atoms with Gasteiger partial charge in [0.1, 0.15) is 5.78 Å². The van der Waals surface area contributed by atoms with Gasteiger partial charge in [-0.25, -0.2) is 0 Å². The first-order chi connectivity index (χ1) is 8.31. The molecule has 0 spiro atoms. The third kappa shape index (κ3) is 13.1. The molecule has 0 aliphatic carbocycles. The van der Waals surface area contributed by atoms with Crippen LogP contribution in [0.2, 0.25) is 0 Å². The zero-order valence-corrected chi connectivity index (χ0v) is 11.4. The lowest BCUT2D eigenvalue weighted by atomic mass is 10.1. The first kappa shape index (κ1) is 16.1. The highest BCUT2D eigenvalue weighted by atomic mass is 16.1. The van der Waals surface area contributed by atoms with Crippen molar-refractivity contribution in [2.75, 3.05) is 0 Å². The first-order valence-corrected chi connectivity index (χ1v) is 7.10. The second kappa shape index (κ2) is 13.2. The molecule has 0 aliphatic heterocycles. The van der Waals surface area contributed by atoms with Gasteiger partial charge in [0.05, 0.1) is 0 Å². The van der Waals surface area contributed by atoms with Crippen LogP contribution in [0.15, 0.2) is 24.8 Å². The summed E-state index contributed by atoms with van der Waals surface area (Å²) in [7, 11) is 0. The monoisotopic (exact) mass is 236 g/mol. The second-order valence-corrected chi connectivity index (χ2v) is 4.63. The standard InChI is InChI=1S/C16H28O/c1-3-5-7-8-9-10-11-13-15-16(17)14-12-6-4-2/h4,6,12H,2-3,5,7-11,13-15H2,1H3. The van der Waals surface area contributed by atoms with E-state index in [1.165, 1.54) is 44.9 Å². The van der Waals surface area contributed by atoms with E-state index < -0.39 is 0 Å². The molecule has 0 saturated carbocycles. The Morgan fingerprint density at radius 3 is 2.18 bits per heavy atom. The van der Waals surface area contributed by atoms with E-state index in [0.29, 0.717) is 12.2 Å². The van der Waals surface area contributed by atoms with Crippen LogP contribution in [0, 0.1) is 0 Å². The van der Waals surface area contributed by atoms with Crippen LogP contribution in [0.1, 0.15) is 71.1 Å². The summed E-state index contributed by atoms with van der Waals surface area (Å²) < 4.78 is 0. The van der Waals surface area contributed by atoms with Crippen molar-refractivity contribution in [3.63, 3.8) is 0 Å². The van der Waals surface area contributed by atoms with Gasteiger partial charge < -0.3 is 0 Å². The van der Waals surface area contributed by atoms with Gasteiger partial charge in [-0.1, -0.05) is 76.7 Å². The Balaban J connectivity index is 3.19. The minimum Gasteiger partial charge on any atom is -0.299 e. The summed E-state index contributed by atoms with van der Waals surface area (Å²) in [6, 6.07) is 0. The van der Waals surface area contributed by atoms with Gasteiger partial charge in [-0.15, -0.1) is 0 Å². The number of hydrogen-bond acceptors (Lipinski definition) is 1. The van der Waals surface area contributed by atoms with Crippen molar-refractivity contribution in [2.45, 2.75) is 71.1 Å². The quantitative estimate of drug-likeness (QED) is 0.335. The topological polar surface area (TPSA) is 17.1 Å². The highest BCUT2D eigenvalue weighted by Crippen LogP contribution is 2.10. The van der Waals surface area contributed by atoms with E-state index in [1.54, 1.807) is 6.08 Å². The van der Waals surface area contributed by atoms with Crippen LogP contribution >= 0.6 is 0 Å². The second-order valence-electron chi connectivity index (χ2n) is 4.63. The molecular formula is C16H28O. The highest BCUT2D eigenvalue weighted by molar-refractivity contribution is 5.79. The summed E-state index contributed by atoms with van der Waals surface area (Å²) in [4.78, 5) is 11.4. The average Bonchev–Trinajstić information content (AvgIpc) is 2.33. The fraction of sp³-hybridized carbons (Fsp3) is 0.688. The molecule has 0 saturated heterocycles. The SMILES string of the molecule is C=CC=CCC(=O)CCCCCCCCCC. The van der Waals surface area contributed by atoms with Gasteiger partial charge in [-0.2, -0.15) is 0 Å². The van der Waals surface area contributed by atoms with Gasteiger partial charge in [-0.3, -0.25) is 4.79 Å². The Hall–Kier alpha value is -0.850. The Morgan fingerprint density at radius 2 is 1.59 bits per heavy atom. The van der Waals surface area contributed by atoms with Crippen molar-refractivity contribution in [3.05, 3.63) is 24.8 Å². The van der Waals surface area contributed by atoms with Crippen molar-refractivity contribution in [2.24, 2.45) is 0 Å². The van der Waals surface area contributed by atoms with E-state index >= 15 is 0 Å². The number of rotatable bonds is 12. The predicted octanol–water partition coefficient (Wildman–Crippen LogP) is 5.22. The van der Waals surface area contributed by atoms with E-state index in [4.69, 9.17) is 0 Å². The van der Waals surface area contributed by atoms with Gasteiger partial charge in [0.15, 0.2) is 0 Å². The third-order valence-electron chi connectivity index (χ3n) is 2.93. The molecule has 0 bridgehead atoms. The van der Waals surface area contributed by atoms with Crippen LogP contribution in [-0.4, -0.2) is 5.78 Å². The molecule has 0 aromatic heterocycles. The van der Waals surface area contributed by atoms with Crippen molar-refractivity contribution < 1.29 is 4.79 Å². The van der Waals surface area contributed by atoms with Crippen LogP contribution in [0.5, 0.6) is 0 Å². The molecule has 0 atom stereocenters. The summed E-state index contributed by atoms with van der Waals surface area (Å²) in [6.45, 7) is 5.82. The Labute approximate surface area is 107 Å². The molecule has 0 aromatic carbocycles. The summed E-state index contributed by atoms with van der Waals surface area (Å²) in [5.41, 5.74) is 0. The lowest BCUT2D eigenvalue weighted by molar-refractivity contribution is -0.118. The molecule has 0 unspecified atom stereocenters. The molecule has 0 aliphatic rings. The van der Waals surface area contributed by atoms with Crippen molar-refractivity contribution in [1.82, 2.24) is 0 Å². The fourth-order valence-corrected chi connectivity index (χ4v) is 1.85. The average molecular weight is 236 g/mol. The summed E-state index contributed by atoms with van der Waals surface area (Å²) >= 11 is 0. The number of unbranched alkanes of at least 4 members (excludes halogenated alkanes) is 7. The van der Waals surface area contributed by atoms with E-state index in [-0.39, 0.29) is 0 Å². The molecular weight excluding hydrogens is 208 g/mol. The minimum absolute atomic E-state index is 0.356. The van der Waals surface area contributed by atoms with Gasteiger partial charge in [0.25, 0.3) is 0 Å². The Bertz CT molecular complexity index is 216. The Morgan fingerprint density at radius 1 is 1.00 bits per heavy atom. The molecule has 0 fully saturated rings. The first-order valence-electron chi connectivity index (χ1n) is 7.10. The summed E-state index contributed by atoms with van der Waals surface area (Å²) in [6.07, 6.45) is 17.1. The number of Topliss-reactive ketones (excluding diaryl/α,β-unsaturated/α-hetero) is 1. The van der Waals surface area contributed by atoms with Crippen LogP contribution in [0.4, 0.5) is 0 Å². The van der Waals surface area contributed by atoms with Gasteiger partial charge >= 0.3 is 0 Å². The molecule has 0 radical (unpaired) electrons. The molecule has 0 aromatic rings. The maximum atomic E-state index is 11.4. The lowest BCUT2D eigenvalue weighted by Crippen LogP contribution is -1.95. The molecule has 0 amide bonds. The molecule has 98 valence electrons. The smallest absolute Gasteiger partial charge is 0.136 e.